The zero-order chi connectivity index (χ0) is 19.1. The SMILES string of the molecule is N=C(N)c1ccc(C2CC2)cc1N1CCN(Cc2nc3ccccc3s2)CC1. The Morgan fingerprint density at radius 3 is 2.61 bits per heavy atom. The molecule has 0 radical (unpaired) electrons. The average Bonchev–Trinajstić information content (AvgIpc) is 3.48. The Hall–Kier alpha value is -2.44. The molecule has 2 heterocycles. The Labute approximate surface area is 169 Å². The van der Waals surface area contributed by atoms with Gasteiger partial charge in [0.1, 0.15) is 10.8 Å². The van der Waals surface area contributed by atoms with E-state index in [0.29, 0.717) is 5.92 Å². The molecule has 1 aliphatic heterocycles. The first-order valence-corrected chi connectivity index (χ1v) is 10.8. The Balaban J connectivity index is 1.29. The van der Waals surface area contributed by atoms with Crippen molar-refractivity contribution in [3.63, 3.8) is 0 Å². The average molecular weight is 392 g/mol. The van der Waals surface area contributed by atoms with E-state index >= 15 is 0 Å². The Morgan fingerprint density at radius 2 is 1.89 bits per heavy atom. The van der Waals surface area contributed by atoms with Gasteiger partial charge in [0.2, 0.25) is 0 Å². The van der Waals surface area contributed by atoms with Crippen LogP contribution in [0.3, 0.4) is 0 Å². The van der Waals surface area contributed by atoms with Crippen molar-refractivity contribution in [2.45, 2.75) is 25.3 Å². The summed E-state index contributed by atoms with van der Waals surface area (Å²) in [5.74, 6) is 0.870. The number of aromatic nitrogens is 1. The molecule has 2 aromatic carbocycles. The predicted molar refractivity (Wildman–Crippen MR) is 117 cm³/mol. The van der Waals surface area contributed by atoms with Crippen molar-refractivity contribution < 1.29 is 0 Å². The Kier molecular flexibility index (Phi) is 4.53. The second-order valence-corrected chi connectivity index (χ2v) is 8.92. The van der Waals surface area contributed by atoms with Crippen molar-refractivity contribution in [2.24, 2.45) is 5.73 Å². The zero-order valence-electron chi connectivity index (χ0n) is 15.9. The molecule has 0 amide bonds. The summed E-state index contributed by atoms with van der Waals surface area (Å²) in [6.07, 6.45) is 2.57. The highest BCUT2D eigenvalue weighted by Gasteiger charge is 2.26. The fourth-order valence-corrected chi connectivity index (χ4v) is 5.04. The van der Waals surface area contributed by atoms with Crippen LogP contribution in [0.15, 0.2) is 42.5 Å². The van der Waals surface area contributed by atoms with Crippen LogP contribution < -0.4 is 10.6 Å². The van der Waals surface area contributed by atoms with Gasteiger partial charge in [-0.25, -0.2) is 4.98 Å². The van der Waals surface area contributed by atoms with Gasteiger partial charge >= 0.3 is 0 Å². The molecule has 5 nitrogen and oxygen atoms in total. The maximum absolute atomic E-state index is 7.96. The summed E-state index contributed by atoms with van der Waals surface area (Å²) in [5.41, 5.74) is 10.4. The number of rotatable bonds is 5. The van der Waals surface area contributed by atoms with Gasteiger partial charge < -0.3 is 10.6 Å². The molecule has 1 aromatic heterocycles. The van der Waals surface area contributed by atoms with Crippen LogP contribution in [0.4, 0.5) is 5.69 Å². The number of amidine groups is 1. The molecular formula is C22H25N5S. The van der Waals surface area contributed by atoms with Crippen LogP contribution in [0, 0.1) is 5.41 Å². The summed E-state index contributed by atoms with van der Waals surface area (Å²) in [6.45, 7) is 4.83. The van der Waals surface area contributed by atoms with Crippen molar-refractivity contribution in [1.82, 2.24) is 9.88 Å². The smallest absolute Gasteiger partial charge is 0.124 e. The second kappa shape index (κ2) is 7.18. The van der Waals surface area contributed by atoms with E-state index in [-0.39, 0.29) is 5.84 Å². The van der Waals surface area contributed by atoms with Gasteiger partial charge in [-0.1, -0.05) is 18.2 Å². The first-order valence-electron chi connectivity index (χ1n) is 9.97. The number of piperazine rings is 1. The molecule has 0 unspecified atom stereocenters. The minimum Gasteiger partial charge on any atom is -0.384 e. The normalized spacial score (nSPS) is 17.9. The lowest BCUT2D eigenvalue weighted by Gasteiger charge is -2.36. The van der Waals surface area contributed by atoms with Crippen LogP contribution in [-0.2, 0) is 6.54 Å². The maximum atomic E-state index is 7.96. The highest BCUT2D eigenvalue weighted by atomic mass is 32.1. The topological polar surface area (TPSA) is 69.2 Å². The Morgan fingerprint density at radius 1 is 1.11 bits per heavy atom. The fourth-order valence-electron chi connectivity index (χ4n) is 4.03. The van der Waals surface area contributed by atoms with Crippen molar-refractivity contribution in [3.05, 3.63) is 58.6 Å². The lowest BCUT2D eigenvalue weighted by Crippen LogP contribution is -2.46. The number of benzene rings is 2. The second-order valence-electron chi connectivity index (χ2n) is 7.80. The predicted octanol–water partition coefficient (Wildman–Crippen LogP) is 3.78. The largest absolute Gasteiger partial charge is 0.384 e. The summed E-state index contributed by atoms with van der Waals surface area (Å²) in [7, 11) is 0. The van der Waals surface area contributed by atoms with E-state index in [0.717, 1.165) is 49.5 Å². The summed E-state index contributed by atoms with van der Waals surface area (Å²) in [6, 6.07) is 14.8. The molecular weight excluding hydrogens is 366 g/mol. The van der Waals surface area contributed by atoms with Crippen LogP contribution in [0.5, 0.6) is 0 Å². The minimum atomic E-state index is 0.161. The van der Waals surface area contributed by atoms with Gasteiger partial charge in [0, 0.05) is 37.4 Å². The number of hydrogen-bond acceptors (Lipinski definition) is 5. The quantitative estimate of drug-likeness (QED) is 0.513. The first kappa shape index (κ1) is 17.6. The zero-order valence-corrected chi connectivity index (χ0v) is 16.7. The summed E-state index contributed by atoms with van der Waals surface area (Å²) < 4.78 is 1.26. The molecule has 6 heteroatoms. The number of hydrogen-bond donors (Lipinski definition) is 2. The molecule has 1 aliphatic carbocycles. The van der Waals surface area contributed by atoms with Crippen LogP contribution in [0.25, 0.3) is 10.2 Å². The molecule has 2 fully saturated rings. The van der Waals surface area contributed by atoms with Gasteiger partial charge in [-0.05, 0) is 48.6 Å². The van der Waals surface area contributed by atoms with E-state index in [1.54, 1.807) is 11.3 Å². The van der Waals surface area contributed by atoms with Crippen molar-refractivity contribution in [3.8, 4) is 0 Å². The van der Waals surface area contributed by atoms with E-state index in [2.05, 4.69) is 40.1 Å². The van der Waals surface area contributed by atoms with Gasteiger partial charge in [0.05, 0.1) is 16.8 Å². The molecule has 0 spiro atoms. The lowest BCUT2D eigenvalue weighted by molar-refractivity contribution is 0.249. The number of nitrogens with one attached hydrogen (secondary N) is 1. The van der Waals surface area contributed by atoms with Crippen LogP contribution in [0.1, 0.15) is 34.9 Å². The maximum Gasteiger partial charge on any atom is 0.124 e. The molecule has 3 N–H and O–H groups in total. The Bertz CT molecular complexity index is 982. The molecule has 5 rings (SSSR count). The summed E-state index contributed by atoms with van der Waals surface area (Å²) in [5, 5.41) is 9.15. The third kappa shape index (κ3) is 3.50. The molecule has 2 aliphatic rings. The van der Waals surface area contributed by atoms with Crippen molar-refractivity contribution in [2.75, 3.05) is 31.1 Å². The number of anilines is 1. The standard InChI is InChI=1S/C22H25N5S/c23-22(24)17-8-7-16(15-5-6-15)13-19(17)27-11-9-26(10-12-27)14-21-25-18-3-1-2-4-20(18)28-21/h1-4,7-8,13,15H,5-6,9-12,14H2,(H3,23,24). The van der Waals surface area contributed by atoms with E-state index in [1.807, 2.05) is 12.1 Å². The third-order valence-electron chi connectivity index (χ3n) is 5.77. The number of para-hydroxylation sites is 1. The van der Waals surface area contributed by atoms with E-state index in [4.69, 9.17) is 16.1 Å². The van der Waals surface area contributed by atoms with Gasteiger partial charge in [-0.3, -0.25) is 10.3 Å². The number of nitrogens with zero attached hydrogens (tertiary/aromatic N) is 3. The van der Waals surface area contributed by atoms with Crippen LogP contribution >= 0.6 is 11.3 Å². The molecule has 1 saturated heterocycles. The molecule has 28 heavy (non-hydrogen) atoms. The number of nitrogens with two attached hydrogens (primary N) is 1. The molecule has 0 bridgehead atoms. The fraction of sp³-hybridized carbons (Fsp3) is 0.364. The molecule has 144 valence electrons. The summed E-state index contributed by atoms with van der Waals surface area (Å²) in [4.78, 5) is 9.66. The van der Waals surface area contributed by atoms with E-state index in [1.165, 1.54) is 28.1 Å². The van der Waals surface area contributed by atoms with E-state index in [9.17, 15) is 0 Å². The van der Waals surface area contributed by atoms with Crippen LogP contribution in [0.2, 0.25) is 0 Å². The first-order chi connectivity index (χ1) is 13.7. The molecule has 1 saturated carbocycles. The van der Waals surface area contributed by atoms with Crippen molar-refractivity contribution >= 4 is 33.1 Å². The molecule has 3 aromatic rings. The molecule has 0 atom stereocenters. The van der Waals surface area contributed by atoms with Gasteiger partial charge in [-0.15, -0.1) is 11.3 Å². The van der Waals surface area contributed by atoms with Gasteiger partial charge in [-0.2, -0.15) is 0 Å². The summed E-state index contributed by atoms with van der Waals surface area (Å²) >= 11 is 1.80. The van der Waals surface area contributed by atoms with Crippen LogP contribution in [-0.4, -0.2) is 41.9 Å². The number of fused-ring (bicyclic) bond motifs is 1. The highest BCUT2D eigenvalue weighted by Crippen LogP contribution is 2.41. The monoisotopic (exact) mass is 391 g/mol. The highest BCUT2D eigenvalue weighted by molar-refractivity contribution is 7.18. The number of nitrogen functional groups attached to an aromatic ring is 1. The van der Waals surface area contributed by atoms with Crippen molar-refractivity contribution in [1.29, 1.82) is 5.41 Å². The van der Waals surface area contributed by atoms with E-state index < -0.39 is 0 Å². The minimum absolute atomic E-state index is 0.161. The van der Waals surface area contributed by atoms with Gasteiger partial charge in [0.25, 0.3) is 0 Å². The number of thiazole rings is 1. The van der Waals surface area contributed by atoms with Gasteiger partial charge in [0.15, 0.2) is 0 Å². The lowest BCUT2D eigenvalue weighted by atomic mass is 10.0. The third-order valence-corrected chi connectivity index (χ3v) is 6.79.